The second-order valence-electron chi connectivity index (χ2n) is 7.76. The number of nitrogens with zero attached hydrogens (tertiary/aromatic N) is 2. The zero-order chi connectivity index (χ0) is 19.9. The first kappa shape index (κ1) is 20.6. The first-order chi connectivity index (χ1) is 13.6. The van der Waals surface area contributed by atoms with Crippen LogP contribution >= 0.6 is 0 Å². The van der Waals surface area contributed by atoms with E-state index in [1.807, 2.05) is 25.1 Å². The second-order valence-corrected chi connectivity index (χ2v) is 7.76. The van der Waals surface area contributed by atoms with E-state index in [2.05, 4.69) is 17.1 Å². The van der Waals surface area contributed by atoms with Gasteiger partial charge in [-0.15, -0.1) is 0 Å². The maximum absolute atomic E-state index is 13.1. The van der Waals surface area contributed by atoms with Gasteiger partial charge in [-0.3, -0.25) is 14.5 Å². The summed E-state index contributed by atoms with van der Waals surface area (Å²) in [7, 11) is 0. The van der Waals surface area contributed by atoms with Gasteiger partial charge in [-0.1, -0.05) is 18.6 Å². The predicted molar refractivity (Wildman–Crippen MR) is 110 cm³/mol. The number of carbonyl (C=O) groups is 2. The highest BCUT2D eigenvalue weighted by molar-refractivity contribution is 6.00. The lowest BCUT2D eigenvalue weighted by Gasteiger charge is -2.33. The number of hydrogen-bond acceptors (Lipinski definition) is 4. The van der Waals surface area contributed by atoms with E-state index >= 15 is 0 Å². The number of piperidine rings is 1. The van der Waals surface area contributed by atoms with Gasteiger partial charge in [-0.05, 0) is 58.2 Å². The predicted octanol–water partition coefficient (Wildman–Crippen LogP) is 2.68. The number of para-hydroxylation sites is 1. The van der Waals surface area contributed by atoms with E-state index in [4.69, 9.17) is 4.74 Å². The van der Waals surface area contributed by atoms with Gasteiger partial charge in [0.2, 0.25) is 5.91 Å². The maximum Gasteiger partial charge on any atom is 0.258 e. The molecule has 6 heteroatoms. The van der Waals surface area contributed by atoms with Gasteiger partial charge in [0, 0.05) is 25.7 Å². The van der Waals surface area contributed by atoms with Crippen molar-refractivity contribution >= 4 is 11.8 Å². The number of carbonyl (C=O) groups excluding carboxylic acids is 2. The molecule has 154 valence electrons. The van der Waals surface area contributed by atoms with Crippen molar-refractivity contribution in [2.75, 3.05) is 32.8 Å². The van der Waals surface area contributed by atoms with Crippen molar-refractivity contribution in [3.05, 3.63) is 29.8 Å². The van der Waals surface area contributed by atoms with Crippen LogP contribution in [0.15, 0.2) is 24.3 Å². The van der Waals surface area contributed by atoms with E-state index in [0.29, 0.717) is 43.5 Å². The number of likely N-dealkylation sites (tertiary alicyclic amines) is 2. The van der Waals surface area contributed by atoms with Crippen LogP contribution in [0.4, 0.5) is 0 Å². The number of rotatable bonds is 7. The van der Waals surface area contributed by atoms with Crippen molar-refractivity contribution in [2.45, 2.75) is 58.0 Å². The molecule has 0 bridgehead atoms. The van der Waals surface area contributed by atoms with Gasteiger partial charge in [-0.2, -0.15) is 0 Å². The Morgan fingerprint density at radius 2 is 1.96 bits per heavy atom. The van der Waals surface area contributed by atoms with E-state index in [1.165, 1.54) is 19.3 Å². The molecule has 28 heavy (non-hydrogen) atoms. The fourth-order valence-electron chi connectivity index (χ4n) is 4.29. The molecule has 0 aromatic heterocycles. The molecule has 2 fully saturated rings. The molecule has 2 aliphatic rings. The summed E-state index contributed by atoms with van der Waals surface area (Å²) in [4.78, 5) is 30.0. The molecular weight excluding hydrogens is 354 g/mol. The number of amides is 2. The summed E-state index contributed by atoms with van der Waals surface area (Å²) in [5, 5.41) is 3.06. The second kappa shape index (κ2) is 9.92. The summed E-state index contributed by atoms with van der Waals surface area (Å²) < 4.78 is 5.60. The van der Waals surface area contributed by atoms with Gasteiger partial charge in [0.15, 0.2) is 0 Å². The Morgan fingerprint density at radius 3 is 2.75 bits per heavy atom. The van der Waals surface area contributed by atoms with Gasteiger partial charge in [0.1, 0.15) is 11.8 Å². The van der Waals surface area contributed by atoms with E-state index in [9.17, 15) is 9.59 Å². The topological polar surface area (TPSA) is 61.9 Å². The molecule has 1 aromatic carbocycles. The molecule has 0 spiro atoms. The summed E-state index contributed by atoms with van der Waals surface area (Å²) >= 11 is 0. The van der Waals surface area contributed by atoms with Gasteiger partial charge >= 0.3 is 0 Å². The molecule has 0 saturated carbocycles. The average molecular weight is 388 g/mol. The van der Waals surface area contributed by atoms with Gasteiger partial charge in [0.25, 0.3) is 5.91 Å². The van der Waals surface area contributed by atoms with E-state index in [0.717, 1.165) is 19.5 Å². The average Bonchev–Trinajstić information content (AvgIpc) is 3.19. The highest BCUT2D eigenvalue weighted by atomic mass is 16.5. The van der Waals surface area contributed by atoms with Crippen LogP contribution < -0.4 is 10.1 Å². The summed E-state index contributed by atoms with van der Waals surface area (Å²) in [6.07, 6.45) is 5.34. The normalized spacial score (nSPS) is 22.9. The fourth-order valence-corrected chi connectivity index (χ4v) is 4.29. The lowest BCUT2D eigenvalue weighted by atomic mass is 10.0. The van der Waals surface area contributed by atoms with Gasteiger partial charge in [0.05, 0.1) is 12.2 Å². The molecule has 1 N–H and O–H groups in total. The molecular formula is C22H33N3O3. The number of hydrogen-bond donors (Lipinski definition) is 1. The molecule has 2 atom stereocenters. The van der Waals surface area contributed by atoms with Crippen LogP contribution in [0.2, 0.25) is 0 Å². The zero-order valence-electron chi connectivity index (χ0n) is 17.2. The van der Waals surface area contributed by atoms with E-state index in [-0.39, 0.29) is 17.9 Å². The molecule has 3 rings (SSSR count). The third kappa shape index (κ3) is 4.85. The van der Waals surface area contributed by atoms with Crippen LogP contribution in [0.5, 0.6) is 5.75 Å². The quantitative estimate of drug-likeness (QED) is 0.781. The maximum atomic E-state index is 13.1. The lowest BCUT2D eigenvalue weighted by molar-refractivity contribution is -0.124. The van der Waals surface area contributed by atoms with Gasteiger partial charge < -0.3 is 15.0 Å². The first-order valence-corrected chi connectivity index (χ1v) is 10.7. The van der Waals surface area contributed by atoms with E-state index in [1.54, 1.807) is 11.0 Å². The molecule has 2 amide bonds. The van der Waals surface area contributed by atoms with E-state index < -0.39 is 0 Å². The van der Waals surface area contributed by atoms with Crippen LogP contribution in [-0.4, -0.2) is 66.5 Å². The molecule has 6 nitrogen and oxygen atoms in total. The third-order valence-corrected chi connectivity index (χ3v) is 5.87. The molecule has 0 radical (unpaired) electrons. The molecule has 0 aliphatic carbocycles. The number of benzene rings is 1. The minimum absolute atomic E-state index is 0.0376. The van der Waals surface area contributed by atoms with Crippen LogP contribution in [0.1, 0.15) is 56.3 Å². The summed E-state index contributed by atoms with van der Waals surface area (Å²) in [5.74, 6) is 0.427. The molecule has 2 saturated heterocycles. The summed E-state index contributed by atoms with van der Waals surface area (Å²) in [5.41, 5.74) is 0.534. The standard InChI is InChI=1S/C22H33N3O3/c1-3-28-20-12-5-4-10-18(20)22(27)25-15-8-11-19(25)21(26)23-13-16-24-14-7-6-9-17(24)2/h4-5,10,12,17,19H,3,6-9,11,13-16H2,1-2H3,(H,23,26). The SMILES string of the molecule is CCOc1ccccc1C(=O)N1CCCC1C(=O)NCCN1CCCCC1C. The fraction of sp³-hybridized carbons (Fsp3) is 0.636. The Labute approximate surface area is 168 Å². The van der Waals surface area contributed by atoms with Crippen molar-refractivity contribution in [1.82, 2.24) is 15.1 Å². The number of nitrogens with one attached hydrogen (secondary N) is 1. The number of ether oxygens (including phenoxy) is 1. The smallest absolute Gasteiger partial charge is 0.258 e. The highest BCUT2D eigenvalue weighted by Crippen LogP contribution is 2.25. The Morgan fingerprint density at radius 1 is 1.14 bits per heavy atom. The summed E-state index contributed by atoms with van der Waals surface area (Å²) in [6, 6.07) is 7.48. The zero-order valence-corrected chi connectivity index (χ0v) is 17.2. The van der Waals surface area contributed by atoms with Crippen LogP contribution in [-0.2, 0) is 4.79 Å². The molecule has 2 unspecified atom stereocenters. The van der Waals surface area contributed by atoms with Crippen molar-refractivity contribution < 1.29 is 14.3 Å². The van der Waals surface area contributed by atoms with Crippen molar-refractivity contribution in [3.8, 4) is 5.75 Å². The van der Waals surface area contributed by atoms with Crippen molar-refractivity contribution in [2.24, 2.45) is 0 Å². The van der Waals surface area contributed by atoms with Gasteiger partial charge in [-0.25, -0.2) is 0 Å². The molecule has 1 aromatic rings. The molecule has 2 aliphatic heterocycles. The third-order valence-electron chi connectivity index (χ3n) is 5.87. The van der Waals surface area contributed by atoms with Crippen molar-refractivity contribution in [1.29, 1.82) is 0 Å². The Balaban J connectivity index is 1.57. The van der Waals surface area contributed by atoms with Crippen LogP contribution in [0.25, 0.3) is 0 Å². The largest absolute Gasteiger partial charge is 0.493 e. The Bertz CT molecular complexity index is 679. The van der Waals surface area contributed by atoms with Crippen LogP contribution in [0, 0.1) is 0 Å². The lowest BCUT2D eigenvalue weighted by Crippen LogP contribution is -2.48. The summed E-state index contributed by atoms with van der Waals surface area (Å²) in [6.45, 7) is 7.89. The molecule has 2 heterocycles. The highest BCUT2D eigenvalue weighted by Gasteiger charge is 2.35. The Hall–Kier alpha value is -2.08. The first-order valence-electron chi connectivity index (χ1n) is 10.7. The monoisotopic (exact) mass is 387 g/mol. The van der Waals surface area contributed by atoms with Crippen molar-refractivity contribution in [3.63, 3.8) is 0 Å². The Kier molecular flexibility index (Phi) is 7.31. The minimum atomic E-state index is -0.388. The van der Waals surface area contributed by atoms with Crippen LogP contribution in [0.3, 0.4) is 0 Å². The minimum Gasteiger partial charge on any atom is -0.493 e.